The number of aryl methyl sites for hydroxylation is 2. The van der Waals surface area contributed by atoms with E-state index < -0.39 is 16.0 Å². The van der Waals surface area contributed by atoms with E-state index in [1.165, 1.54) is 30.8 Å². The quantitative estimate of drug-likeness (QED) is 0.440. The molecule has 1 heterocycles. The molecule has 134 valence electrons. The summed E-state index contributed by atoms with van der Waals surface area (Å²) in [6.45, 7) is 1.89. The highest BCUT2D eigenvalue weighted by Crippen LogP contribution is 2.31. The summed E-state index contributed by atoms with van der Waals surface area (Å²) in [5.41, 5.74) is 0.438. The first kappa shape index (κ1) is 17.4. The number of nitrogens with one attached hydrogen (secondary N) is 1. The van der Waals surface area contributed by atoms with E-state index in [0.29, 0.717) is 11.0 Å². The molecule has 1 N–H and O–H groups in total. The fourth-order valence-electron chi connectivity index (χ4n) is 2.93. The number of anilines is 1. The van der Waals surface area contributed by atoms with Crippen LogP contribution in [0.5, 0.6) is 0 Å². The molecule has 0 saturated heterocycles. The van der Waals surface area contributed by atoms with Crippen molar-refractivity contribution in [2.24, 2.45) is 14.1 Å². The Morgan fingerprint density at radius 2 is 1.54 bits per heavy atom. The van der Waals surface area contributed by atoms with E-state index in [-0.39, 0.29) is 17.4 Å². The molecule has 1 aromatic heterocycles. The van der Waals surface area contributed by atoms with Crippen LogP contribution in [0, 0.1) is 10.1 Å². The van der Waals surface area contributed by atoms with Crippen LogP contribution in [0.4, 0.5) is 11.4 Å². The Bertz CT molecular complexity index is 1120. The van der Waals surface area contributed by atoms with Gasteiger partial charge in [0, 0.05) is 26.2 Å². The Kier molecular flexibility index (Phi) is 4.33. The Labute approximate surface area is 148 Å². The molecule has 0 aliphatic heterocycles. The highest BCUT2D eigenvalue weighted by Gasteiger charge is 2.20. The lowest BCUT2D eigenvalue weighted by atomic mass is 10.1. The maximum absolute atomic E-state index is 12.1. The predicted octanol–water partition coefficient (Wildman–Crippen LogP) is 2.32. The van der Waals surface area contributed by atoms with E-state index in [1.807, 2.05) is 37.3 Å². The zero-order chi connectivity index (χ0) is 19.0. The second-order valence-electron chi connectivity index (χ2n) is 6.12. The average molecular weight is 354 g/mol. The molecule has 0 fully saturated rings. The molecule has 0 amide bonds. The van der Waals surface area contributed by atoms with Gasteiger partial charge in [0.15, 0.2) is 0 Å². The third-order valence-electron chi connectivity index (χ3n) is 4.48. The lowest BCUT2D eigenvalue weighted by molar-refractivity contribution is -0.383. The molecule has 8 nitrogen and oxygen atoms in total. The molecule has 0 aliphatic rings. The Balaban J connectivity index is 2.21. The number of fused-ring (bicyclic) bond motifs is 1. The fraction of sp³-hybridized carbons (Fsp3) is 0.222. The molecule has 0 aliphatic carbocycles. The summed E-state index contributed by atoms with van der Waals surface area (Å²) in [5, 5.41) is 14.7. The van der Waals surface area contributed by atoms with Crippen LogP contribution in [0.25, 0.3) is 11.0 Å². The van der Waals surface area contributed by atoms with E-state index in [9.17, 15) is 19.7 Å². The number of benzene rings is 2. The van der Waals surface area contributed by atoms with Crippen molar-refractivity contribution in [1.29, 1.82) is 0 Å². The van der Waals surface area contributed by atoms with Gasteiger partial charge >= 0.3 is 11.1 Å². The zero-order valence-electron chi connectivity index (χ0n) is 14.6. The van der Waals surface area contributed by atoms with Crippen LogP contribution in [0.1, 0.15) is 18.5 Å². The standard InChI is InChI=1S/C18H18N4O4/c1-11(12-7-5-4-6-8-12)19-13-9-15-16(10-14(13)22(25)26)21(3)18(24)17(23)20(15)2/h4-11,19H,1-3H3/t11-/m1/s1. The molecule has 0 saturated carbocycles. The number of nitrogens with zero attached hydrogens (tertiary/aromatic N) is 3. The van der Waals surface area contributed by atoms with Gasteiger partial charge in [0.1, 0.15) is 5.69 Å². The van der Waals surface area contributed by atoms with Crippen LogP contribution in [-0.4, -0.2) is 14.1 Å². The highest BCUT2D eigenvalue weighted by atomic mass is 16.6. The number of hydrogen-bond donors (Lipinski definition) is 1. The summed E-state index contributed by atoms with van der Waals surface area (Å²) < 4.78 is 2.34. The van der Waals surface area contributed by atoms with Crippen molar-refractivity contribution in [3.8, 4) is 0 Å². The molecule has 1 atom stereocenters. The highest BCUT2D eigenvalue weighted by molar-refractivity contribution is 5.85. The van der Waals surface area contributed by atoms with Gasteiger partial charge in [-0.05, 0) is 18.6 Å². The molecule has 3 aromatic rings. The van der Waals surface area contributed by atoms with Gasteiger partial charge in [0.2, 0.25) is 0 Å². The van der Waals surface area contributed by atoms with Gasteiger partial charge in [-0.1, -0.05) is 30.3 Å². The van der Waals surface area contributed by atoms with Crippen molar-refractivity contribution in [2.45, 2.75) is 13.0 Å². The molecule has 8 heteroatoms. The average Bonchev–Trinajstić information content (AvgIpc) is 2.64. The number of rotatable bonds is 4. The number of aromatic nitrogens is 2. The maximum atomic E-state index is 12.1. The second kappa shape index (κ2) is 6.47. The molecular weight excluding hydrogens is 336 g/mol. The summed E-state index contributed by atoms with van der Waals surface area (Å²) in [7, 11) is 2.90. The van der Waals surface area contributed by atoms with Crippen LogP contribution >= 0.6 is 0 Å². The van der Waals surface area contributed by atoms with Crippen LogP contribution in [0.3, 0.4) is 0 Å². The normalized spacial score (nSPS) is 12.1. The predicted molar refractivity (Wildman–Crippen MR) is 99.6 cm³/mol. The third kappa shape index (κ3) is 2.85. The van der Waals surface area contributed by atoms with E-state index in [1.54, 1.807) is 0 Å². The summed E-state index contributed by atoms with van der Waals surface area (Å²) in [5.74, 6) is 0. The molecule has 2 aromatic carbocycles. The molecule has 26 heavy (non-hydrogen) atoms. The first-order valence-electron chi connectivity index (χ1n) is 8.01. The summed E-state index contributed by atoms with van der Waals surface area (Å²) in [4.78, 5) is 35.1. The third-order valence-corrected chi connectivity index (χ3v) is 4.48. The molecular formula is C18H18N4O4. The summed E-state index contributed by atoms with van der Waals surface area (Å²) in [6, 6.07) is 12.2. The van der Waals surface area contributed by atoms with Gasteiger partial charge in [-0.25, -0.2) is 0 Å². The Morgan fingerprint density at radius 1 is 1.00 bits per heavy atom. The van der Waals surface area contributed by atoms with Crippen molar-refractivity contribution >= 4 is 22.4 Å². The smallest absolute Gasteiger partial charge is 0.316 e. The van der Waals surface area contributed by atoms with Crippen LogP contribution in [0.15, 0.2) is 52.1 Å². The molecule has 0 spiro atoms. The van der Waals surface area contributed by atoms with E-state index in [2.05, 4.69) is 5.32 Å². The van der Waals surface area contributed by atoms with E-state index in [4.69, 9.17) is 0 Å². The van der Waals surface area contributed by atoms with Crippen LogP contribution < -0.4 is 16.4 Å². The summed E-state index contributed by atoms with van der Waals surface area (Å²) in [6.07, 6.45) is 0. The van der Waals surface area contributed by atoms with Crippen LogP contribution in [-0.2, 0) is 14.1 Å². The van der Waals surface area contributed by atoms with Crippen molar-refractivity contribution < 1.29 is 4.92 Å². The van der Waals surface area contributed by atoms with Crippen molar-refractivity contribution in [2.75, 3.05) is 5.32 Å². The van der Waals surface area contributed by atoms with E-state index in [0.717, 1.165) is 10.1 Å². The minimum Gasteiger partial charge on any atom is -0.373 e. The van der Waals surface area contributed by atoms with Gasteiger partial charge in [0.05, 0.1) is 16.0 Å². The fourth-order valence-corrected chi connectivity index (χ4v) is 2.93. The molecule has 0 radical (unpaired) electrons. The van der Waals surface area contributed by atoms with Gasteiger partial charge in [-0.15, -0.1) is 0 Å². The first-order chi connectivity index (χ1) is 12.3. The number of nitro benzene ring substituents is 1. The topological polar surface area (TPSA) is 99.2 Å². The van der Waals surface area contributed by atoms with Gasteiger partial charge in [0.25, 0.3) is 5.69 Å². The summed E-state index contributed by atoms with van der Waals surface area (Å²) >= 11 is 0. The Hall–Kier alpha value is -3.42. The number of hydrogen-bond acceptors (Lipinski definition) is 5. The Morgan fingerprint density at radius 3 is 2.08 bits per heavy atom. The monoisotopic (exact) mass is 354 g/mol. The van der Waals surface area contributed by atoms with Gasteiger partial charge in [-0.2, -0.15) is 0 Å². The molecule has 3 rings (SSSR count). The lowest BCUT2D eigenvalue weighted by Gasteiger charge is -2.17. The van der Waals surface area contributed by atoms with Crippen LogP contribution in [0.2, 0.25) is 0 Å². The van der Waals surface area contributed by atoms with Gasteiger partial charge < -0.3 is 14.5 Å². The largest absolute Gasteiger partial charge is 0.373 e. The van der Waals surface area contributed by atoms with Crippen molar-refractivity contribution in [3.63, 3.8) is 0 Å². The van der Waals surface area contributed by atoms with Gasteiger partial charge in [-0.3, -0.25) is 19.7 Å². The van der Waals surface area contributed by atoms with Crippen molar-refractivity contribution in [3.05, 3.63) is 78.8 Å². The van der Waals surface area contributed by atoms with E-state index >= 15 is 0 Å². The molecule has 0 unspecified atom stereocenters. The number of nitro groups is 1. The zero-order valence-corrected chi connectivity index (χ0v) is 14.6. The minimum atomic E-state index is -0.729. The van der Waals surface area contributed by atoms with Crippen molar-refractivity contribution in [1.82, 2.24) is 9.13 Å². The SMILES string of the molecule is C[C@@H](Nc1cc2c(cc1[N+](=O)[O-])n(C)c(=O)c(=O)n2C)c1ccccc1. The first-order valence-corrected chi connectivity index (χ1v) is 8.01. The maximum Gasteiger partial charge on any atom is 0.316 e. The molecule has 0 bridgehead atoms. The lowest BCUT2D eigenvalue weighted by Crippen LogP contribution is -2.39. The minimum absolute atomic E-state index is 0.158. The second-order valence-corrected chi connectivity index (χ2v) is 6.12.